The van der Waals surface area contributed by atoms with Gasteiger partial charge in [0.15, 0.2) is 0 Å². The van der Waals surface area contributed by atoms with Gasteiger partial charge in [-0.15, -0.1) is 0 Å². The first-order valence-corrected chi connectivity index (χ1v) is 19.6. The average molecular weight is 620 g/mol. The summed E-state index contributed by atoms with van der Waals surface area (Å²) in [7, 11) is 0. The molecular weight excluding hydrogens is 542 g/mol. The Morgan fingerprint density at radius 2 is 0.886 bits per heavy atom. The number of carbonyl (C=O) groups is 1. The van der Waals surface area contributed by atoms with Crippen molar-refractivity contribution in [3.63, 3.8) is 0 Å². The van der Waals surface area contributed by atoms with Crippen molar-refractivity contribution in [3.05, 3.63) is 24.3 Å². The molecule has 44 heavy (non-hydrogen) atoms. The second-order valence-corrected chi connectivity index (χ2v) is 13.3. The number of unbranched alkanes of at least 4 members (excludes halogenated alkanes) is 26. The number of carbonyl (C=O) groups excluding carboxylic acids is 1. The second kappa shape index (κ2) is 36.3. The highest BCUT2D eigenvalue weighted by atomic mass is 16.3. The lowest BCUT2D eigenvalue weighted by atomic mass is 10.0. The minimum atomic E-state index is -0.853. The molecule has 0 radical (unpaired) electrons. The van der Waals surface area contributed by atoms with E-state index < -0.39 is 12.1 Å². The Morgan fingerprint density at radius 3 is 1.27 bits per heavy atom. The molecule has 0 saturated heterocycles. The van der Waals surface area contributed by atoms with E-state index in [9.17, 15) is 15.0 Å². The van der Waals surface area contributed by atoms with Crippen LogP contribution in [0.4, 0.5) is 0 Å². The number of rotatable bonds is 35. The smallest absolute Gasteiger partial charge is 0.220 e. The van der Waals surface area contributed by atoms with Crippen molar-refractivity contribution in [2.45, 2.75) is 219 Å². The van der Waals surface area contributed by atoms with Crippen molar-refractivity contribution in [1.29, 1.82) is 0 Å². The van der Waals surface area contributed by atoms with Gasteiger partial charge in [0.2, 0.25) is 5.91 Å². The molecule has 4 heteroatoms. The first-order valence-electron chi connectivity index (χ1n) is 19.6. The van der Waals surface area contributed by atoms with Gasteiger partial charge >= 0.3 is 0 Å². The monoisotopic (exact) mass is 620 g/mol. The van der Waals surface area contributed by atoms with E-state index in [2.05, 4.69) is 24.4 Å². The van der Waals surface area contributed by atoms with Gasteiger partial charge in [-0.05, 0) is 32.1 Å². The van der Waals surface area contributed by atoms with E-state index in [0.717, 1.165) is 25.7 Å². The molecule has 0 rings (SSSR count). The lowest BCUT2D eigenvalue weighted by molar-refractivity contribution is -0.122. The molecule has 2 unspecified atom stereocenters. The highest BCUT2D eigenvalue weighted by Gasteiger charge is 2.17. The molecule has 0 aliphatic carbocycles. The van der Waals surface area contributed by atoms with Crippen LogP contribution in [-0.2, 0) is 4.79 Å². The molecular formula is C40H77NO3. The fourth-order valence-electron chi connectivity index (χ4n) is 5.94. The zero-order valence-electron chi connectivity index (χ0n) is 29.7. The molecule has 0 spiro atoms. The van der Waals surface area contributed by atoms with Crippen LogP contribution in [0.2, 0.25) is 0 Å². The molecule has 0 fully saturated rings. The summed E-state index contributed by atoms with van der Waals surface area (Å²) in [6.45, 7) is 3.97. The molecule has 0 aliphatic heterocycles. The summed E-state index contributed by atoms with van der Waals surface area (Å²) in [6, 6.07) is -0.630. The summed E-state index contributed by atoms with van der Waals surface area (Å²) in [5.74, 6) is -0.127. The fraction of sp³-hybridized carbons (Fsp3) is 0.875. The number of hydrogen-bond acceptors (Lipinski definition) is 3. The first kappa shape index (κ1) is 42.9. The van der Waals surface area contributed by atoms with E-state index in [0.29, 0.717) is 6.42 Å². The molecule has 4 nitrogen and oxygen atoms in total. The summed E-state index contributed by atoms with van der Waals surface area (Å²) < 4.78 is 0. The van der Waals surface area contributed by atoms with Crippen LogP contribution in [0.15, 0.2) is 24.3 Å². The van der Waals surface area contributed by atoms with Crippen LogP contribution < -0.4 is 5.32 Å². The zero-order chi connectivity index (χ0) is 32.2. The van der Waals surface area contributed by atoms with Crippen molar-refractivity contribution < 1.29 is 15.0 Å². The van der Waals surface area contributed by atoms with Crippen molar-refractivity contribution in [3.8, 4) is 0 Å². The van der Waals surface area contributed by atoms with Gasteiger partial charge in [0.25, 0.3) is 0 Å². The predicted molar refractivity (Wildman–Crippen MR) is 193 cm³/mol. The molecule has 0 aromatic rings. The molecule has 1 amide bonds. The van der Waals surface area contributed by atoms with E-state index >= 15 is 0 Å². The molecule has 0 aliphatic rings. The summed E-state index contributed by atoms with van der Waals surface area (Å²) in [5.41, 5.74) is 0. The number of aliphatic hydroxyl groups excluding tert-OH is 2. The van der Waals surface area contributed by atoms with Crippen LogP contribution in [-0.4, -0.2) is 34.9 Å². The summed E-state index contributed by atoms with van der Waals surface area (Å²) in [4.78, 5) is 11.7. The molecule has 0 saturated carbocycles. The van der Waals surface area contributed by atoms with Crippen molar-refractivity contribution >= 4 is 5.91 Å². The van der Waals surface area contributed by atoms with Crippen LogP contribution in [0, 0.1) is 0 Å². The Hall–Kier alpha value is -1.13. The second-order valence-electron chi connectivity index (χ2n) is 13.3. The topological polar surface area (TPSA) is 69.6 Å². The number of amides is 1. The van der Waals surface area contributed by atoms with Crippen molar-refractivity contribution in [2.75, 3.05) is 6.61 Å². The maximum atomic E-state index is 11.7. The van der Waals surface area contributed by atoms with Gasteiger partial charge in [-0.2, -0.15) is 0 Å². The normalized spacial score (nSPS) is 13.3. The lowest BCUT2D eigenvalue weighted by Gasteiger charge is -2.19. The quantitative estimate of drug-likeness (QED) is 0.0488. The van der Waals surface area contributed by atoms with Crippen molar-refractivity contribution in [1.82, 2.24) is 5.32 Å². The number of hydrogen-bond donors (Lipinski definition) is 3. The van der Waals surface area contributed by atoms with Gasteiger partial charge in [0.1, 0.15) is 0 Å². The summed E-state index contributed by atoms with van der Waals surface area (Å²) >= 11 is 0. The van der Waals surface area contributed by atoms with Gasteiger partial charge in [0.05, 0.1) is 18.8 Å². The third-order valence-corrected chi connectivity index (χ3v) is 8.91. The third-order valence-electron chi connectivity index (χ3n) is 8.91. The van der Waals surface area contributed by atoms with Crippen LogP contribution in [0.3, 0.4) is 0 Å². The maximum absolute atomic E-state index is 11.7. The Labute approximate surface area is 275 Å². The van der Waals surface area contributed by atoms with Gasteiger partial charge in [-0.1, -0.05) is 192 Å². The van der Waals surface area contributed by atoms with Crippen LogP contribution in [0.1, 0.15) is 206 Å². The molecule has 0 aromatic carbocycles. The highest BCUT2D eigenvalue weighted by molar-refractivity contribution is 5.76. The van der Waals surface area contributed by atoms with Crippen molar-refractivity contribution in [2.24, 2.45) is 0 Å². The van der Waals surface area contributed by atoms with Gasteiger partial charge < -0.3 is 15.5 Å². The zero-order valence-corrected chi connectivity index (χ0v) is 29.7. The highest BCUT2D eigenvalue weighted by Crippen LogP contribution is 2.16. The minimum absolute atomic E-state index is 0.127. The third kappa shape index (κ3) is 32.3. The van der Waals surface area contributed by atoms with E-state index in [-0.39, 0.29) is 12.5 Å². The van der Waals surface area contributed by atoms with Crippen LogP contribution in [0.25, 0.3) is 0 Å². The molecule has 0 bridgehead atoms. The molecule has 260 valence electrons. The van der Waals surface area contributed by atoms with Crippen LogP contribution >= 0.6 is 0 Å². The van der Waals surface area contributed by atoms with E-state index in [4.69, 9.17) is 0 Å². The Morgan fingerprint density at radius 1 is 0.523 bits per heavy atom. The fourth-order valence-corrected chi connectivity index (χ4v) is 5.94. The lowest BCUT2D eigenvalue weighted by Crippen LogP contribution is -2.45. The summed E-state index contributed by atoms with van der Waals surface area (Å²) in [5, 5.41) is 22.3. The van der Waals surface area contributed by atoms with Gasteiger partial charge in [-0.3, -0.25) is 4.79 Å². The summed E-state index contributed by atoms with van der Waals surface area (Å²) in [6.07, 6.45) is 47.2. The predicted octanol–water partition coefficient (Wildman–Crippen LogP) is 11.7. The standard InChI is InChI=1S/C40H77NO3/c1-3-5-6-7-8-9-10-11-12-13-14-15-16-17-18-19-20-21-22-23-24-25-26-27-28-29-30-31-32-33-34-36-39(43)38(37-42)41-40(44)35-4-2/h30-31,34,36,38-39,42-43H,3-29,32-33,35,37H2,1-2H3,(H,41,44)/b31-30+,36-34+. The van der Waals surface area contributed by atoms with Gasteiger partial charge in [-0.25, -0.2) is 0 Å². The molecule has 3 N–H and O–H groups in total. The Balaban J connectivity index is 3.31. The molecule has 0 aromatic heterocycles. The minimum Gasteiger partial charge on any atom is -0.394 e. The average Bonchev–Trinajstić information content (AvgIpc) is 3.02. The first-order chi connectivity index (χ1) is 21.7. The van der Waals surface area contributed by atoms with E-state index in [1.807, 2.05) is 13.0 Å². The van der Waals surface area contributed by atoms with Gasteiger partial charge in [0, 0.05) is 6.42 Å². The number of allylic oxidation sites excluding steroid dienone is 3. The number of nitrogens with one attached hydrogen (secondary N) is 1. The largest absolute Gasteiger partial charge is 0.394 e. The Kier molecular flexibility index (Phi) is 35.4. The molecule has 2 atom stereocenters. The maximum Gasteiger partial charge on any atom is 0.220 e. The van der Waals surface area contributed by atoms with Crippen LogP contribution in [0.5, 0.6) is 0 Å². The number of aliphatic hydroxyl groups is 2. The van der Waals surface area contributed by atoms with E-state index in [1.54, 1.807) is 6.08 Å². The molecule has 0 heterocycles. The Bertz CT molecular complexity index is 632. The SMILES string of the molecule is CCCCCCCCCCCCCCCCCCCCCCCCCCC/C=C/CC/C=C/C(O)C(CO)NC(=O)CCC. The van der Waals surface area contributed by atoms with E-state index in [1.165, 1.54) is 161 Å².